The van der Waals surface area contributed by atoms with E-state index in [1.807, 2.05) is 6.92 Å². The molecule has 1 amide bonds. The van der Waals surface area contributed by atoms with Crippen molar-refractivity contribution in [2.24, 2.45) is 0 Å². The number of aliphatic hydroxyl groups is 1. The smallest absolute Gasteiger partial charge is 0.220 e. The first-order chi connectivity index (χ1) is 5.09. The largest absolute Gasteiger partial charge is 0.396 e. The monoisotopic (exact) mass is 177 g/mol. The van der Waals surface area contributed by atoms with Crippen LogP contribution in [0.5, 0.6) is 0 Å². The van der Waals surface area contributed by atoms with E-state index in [2.05, 4.69) is 0 Å². The molecule has 0 aromatic carbocycles. The van der Waals surface area contributed by atoms with Gasteiger partial charge in [-0.1, -0.05) is 0 Å². The van der Waals surface area contributed by atoms with E-state index < -0.39 is 0 Å². The van der Waals surface area contributed by atoms with Crippen molar-refractivity contribution in [3.05, 3.63) is 0 Å². The SMILES string of the molecule is CC(=O)N(C)C(C)SCCO. The maximum absolute atomic E-state index is 10.8. The molecule has 0 rings (SSSR count). The van der Waals surface area contributed by atoms with Crippen LogP contribution in [0.2, 0.25) is 0 Å². The third-order valence-corrected chi connectivity index (χ3v) is 2.71. The zero-order valence-electron chi connectivity index (χ0n) is 7.20. The highest BCUT2D eigenvalue weighted by molar-refractivity contribution is 7.99. The van der Waals surface area contributed by atoms with E-state index in [-0.39, 0.29) is 17.9 Å². The maximum atomic E-state index is 10.8. The lowest BCUT2D eigenvalue weighted by molar-refractivity contribution is -0.127. The van der Waals surface area contributed by atoms with Crippen LogP contribution < -0.4 is 0 Å². The van der Waals surface area contributed by atoms with Crippen molar-refractivity contribution in [1.82, 2.24) is 4.90 Å². The normalized spacial score (nSPS) is 12.7. The van der Waals surface area contributed by atoms with E-state index in [0.29, 0.717) is 5.75 Å². The minimum atomic E-state index is 0.0583. The molecule has 0 aliphatic rings. The van der Waals surface area contributed by atoms with Gasteiger partial charge in [0.1, 0.15) is 0 Å². The van der Waals surface area contributed by atoms with Crippen LogP contribution in [0.4, 0.5) is 0 Å². The third-order valence-electron chi connectivity index (χ3n) is 1.49. The zero-order chi connectivity index (χ0) is 8.85. The van der Waals surface area contributed by atoms with Crippen LogP contribution in [0.1, 0.15) is 13.8 Å². The van der Waals surface area contributed by atoms with E-state index in [4.69, 9.17) is 5.11 Å². The van der Waals surface area contributed by atoms with Gasteiger partial charge in [0.15, 0.2) is 0 Å². The topological polar surface area (TPSA) is 40.5 Å². The summed E-state index contributed by atoms with van der Waals surface area (Å²) in [6, 6.07) is 0. The zero-order valence-corrected chi connectivity index (χ0v) is 8.02. The van der Waals surface area contributed by atoms with Gasteiger partial charge >= 0.3 is 0 Å². The number of rotatable bonds is 4. The van der Waals surface area contributed by atoms with Gasteiger partial charge in [0.05, 0.1) is 12.0 Å². The summed E-state index contributed by atoms with van der Waals surface area (Å²) in [5.74, 6) is 0.738. The van der Waals surface area contributed by atoms with Gasteiger partial charge in [-0.05, 0) is 6.92 Å². The highest BCUT2D eigenvalue weighted by Crippen LogP contribution is 2.12. The number of carbonyl (C=O) groups excluding carboxylic acids is 1. The summed E-state index contributed by atoms with van der Waals surface area (Å²) >= 11 is 1.57. The van der Waals surface area contributed by atoms with Crippen LogP contribution in [0.15, 0.2) is 0 Å². The Morgan fingerprint density at radius 3 is 2.64 bits per heavy atom. The Balaban J connectivity index is 3.63. The second-order valence-electron chi connectivity index (χ2n) is 2.32. The fraction of sp³-hybridized carbons (Fsp3) is 0.857. The molecule has 0 aromatic heterocycles. The Morgan fingerprint density at radius 2 is 2.27 bits per heavy atom. The van der Waals surface area contributed by atoms with Crippen LogP contribution in [-0.2, 0) is 4.79 Å². The average molecular weight is 177 g/mol. The molecule has 11 heavy (non-hydrogen) atoms. The molecule has 0 aromatic rings. The van der Waals surface area contributed by atoms with Crippen molar-refractivity contribution in [2.45, 2.75) is 19.2 Å². The fourth-order valence-corrected chi connectivity index (χ4v) is 1.41. The van der Waals surface area contributed by atoms with Gasteiger partial charge in [0, 0.05) is 19.7 Å². The van der Waals surface area contributed by atoms with E-state index in [9.17, 15) is 4.79 Å². The summed E-state index contributed by atoms with van der Waals surface area (Å²) in [6.07, 6.45) is 0. The summed E-state index contributed by atoms with van der Waals surface area (Å²) < 4.78 is 0. The summed E-state index contributed by atoms with van der Waals surface area (Å²) in [5.41, 5.74) is 0. The Kier molecular flexibility index (Phi) is 5.32. The summed E-state index contributed by atoms with van der Waals surface area (Å²) in [5, 5.41) is 8.66. The second kappa shape index (κ2) is 5.43. The maximum Gasteiger partial charge on any atom is 0.220 e. The minimum Gasteiger partial charge on any atom is -0.396 e. The number of hydrogen-bond donors (Lipinski definition) is 1. The van der Waals surface area contributed by atoms with E-state index in [0.717, 1.165) is 0 Å². The summed E-state index contributed by atoms with van der Waals surface area (Å²) in [4.78, 5) is 12.5. The predicted octanol–water partition coefficient (Wildman–Crippen LogP) is 0.536. The fourth-order valence-electron chi connectivity index (χ4n) is 0.591. The first-order valence-electron chi connectivity index (χ1n) is 3.55. The highest BCUT2D eigenvalue weighted by atomic mass is 32.2. The molecule has 0 saturated carbocycles. The number of thioether (sulfide) groups is 1. The molecule has 1 atom stereocenters. The Bertz CT molecular complexity index is 130. The molecule has 0 aliphatic heterocycles. The van der Waals surface area contributed by atoms with E-state index in [1.165, 1.54) is 6.92 Å². The van der Waals surface area contributed by atoms with E-state index in [1.54, 1.807) is 23.7 Å². The van der Waals surface area contributed by atoms with Gasteiger partial charge in [-0.2, -0.15) is 0 Å². The average Bonchev–Trinajstić information content (AvgIpc) is 1.98. The Hall–Kier alpha value is -0.220. The number of aliphatic hydroxyl groups excluding tert-OH is 1. The lowest BCUT2D eigenvalue weighted by Gasteiger charge is -2.22. The summed E-state index contributed by atoms with van der Waals surface area (Å²) in [7, 11) is 1.76. The van der Waals surface area contributed by atoms with Gasteiger partial charge in [-0.15, -0.1) is 11.8 Å². The molecular formula is C7H15NO2S. The van der Waals surface area contributed by atoms with Crippen LogP contribution in [-0.4, -0.2) is 40.7 Å². The number of amides is 1. The van der Waals surface area contributed by atoms with Crippen LogP contribution >= 0.6 is 11.8 Å². The lowest BCUT2D eigenvalue weighted by Crippen LogP contribution is -2.31. The number of nitrogens with zero attached hydrogens (tertiary/aromatic N) is 1. The lowest BCUT2D eigenvalue weighted by atomic mass is 10.5. The van der Waals surface area contributed by atoms with Gasteiger partial charge in [-0.25, -0.2) is 0 Å². The molecule has 0 spiro atoms. The third kappa shape index (κ3) is 4.27. The van der Waals surface area contributed by atoms with Crippen molar-refractivity contribution in [2.75, 3.05) is 19.4 Å². The van der Waals surface area contributed by atoms with Crippen molar-refractivity contribution in [3.63, 3.8) is 0 Å². The van der Waals surface area contributed by atoms with Crippen LogP contribution in [0.3, 0.4) is 0 Å². The molecule has 0 saturated heterocycles. The minimum absolute atomic E-state index is 0.0583. The molecular weight excluding hydrogens is 162 g/mol. The molecule has 0 radical (unpaired) electrons. The summed E-state index contributed by atoms with van der Waals surface area (Å²) in [6.45, 7) is 3.65. The molecule has 0 heterocycles. The van der Waals surface area contributed by atoms with Gasteiger partial charge < -0.3 is 10.0 Å². The van der Waals surface area contributed by atoms with Crippen molar-refractivity contribution < 1.29 is 9.90 Å². The highest BCUT2D eigenvalue weighted by Gasteiger charge is 2.10. The molecule has 0 fully saturated rings. The molecule has 3 nitrogen and oxygen atoms in total. The van der Waals surface area contributed by atoms with Gasteiger partial charge in [0.2, 0.25) is 5.91 Å². The first-order valence-corrected chi connectivity index (χ1v) is 4.60. The standard InChI is InChI=1S/C7H15NO2S/c1-6(10)8(3)7(2)11-5-4-9/h7,9H,4-5H2,1-3H3. The van der Waals surface area contributed by atoms with Gasteiger partial charge in [-0.3, -0.25) is 4.79 Å². The van der Waals surface area contributed by atoms with Gasteiger partial charge in [0.25, 0.3) is 0 Å². The van der Waals surface area contributed by atoms with Crippen LogP contribution in [0, 0.1) is 0 Å². The van der Waals surface area contributed by atoms with Crippen molar-refractivity contribution in [1.29, 1.82) is 0 Å². The molecule has 0 bridgehead atoms. The molecule has 0 aliphatic carbocycles. The predicted molar refractivity (Wildman–Crippen MR) is 47.4 cm³/mol. The molecule has 4 heteroatoms. The molecule has 1 unspecified atom stereocenters. The Morgan fingerprint density at radius 1 is 1.73 bits per heavy atom. The first kappa shape index (κ1) is 10.8. The quantitative estimate of drug-likeness (QED) is 0.637. The Labute approximate surface area is 71.8 Å². The molecule has 66 valence electrons. The number of hydrogen-bond acceptors (Lipinski definition) is 3. The van der Waals surface area contributed by atoms with E-state index >= 15 is 0 Å². The molecule has 1 N–H and O–H groups in total. The van der Waals surface area contributed by atoms with Crippen molar-refractivity contribution >= 4 is 17.7 Å². The van der Waals surface area contributed by atoms with Crippen molar-refractivity contribution in [3.8, 4) is 0 Å². The second-order valence-corrected chi connectivity index (χ2v) is 3.75. The van der Waals surface area contributed by atoms with Crippen LogP contribution in [0.25, 0.3) is 0 Å². The number of carbonyl (C=O) groups is 1.